The van der Waals surface area contributed by atoms with E-state index in [9.17, 15) is 4.79 Å². The van der Waals surface area contributed by atoms with Gasteiger partial charge in [-0.2, -0.15) is 0 Å². The molecule has 0 saturated carbocycles. The number of hydrogen-bond donors (Lipinski definition) is 0. The summed E-state index contributed by atoms with van der Waals surface area (Å²) in [6.07, 6.45) is 0.411. The van der Waals surface area contributed by atoms with Crippen LogP contribution in [-0.2, 0) is 11.2 Å². The van der Waals surface area contributed by atoms with Gasteiger partial charge in [-0.05, 0) is 24.6 Å². The van der Waals surface area contributed by atoms with Crippen molar-refractivity contribution < 1.29 is 14.3 Å². The fourth-order valence-corrected chi connectivity index (χ4v) is 1.57. The Labute approximate surface area is 104 Å². The van der Waals surface area contributed by atoms with Crippen LogP contribution in [-0.4, -0.2) is 24.8 Å². The van der Waals surface area contributed by atoms with Gasteiger partial charge in [-0.25, -0.2) is 0 Å². The maximum absolute atomic E-state index is 11.3. The van der Waals surface area contributed by atoms with Crippen molar-refractivity contribution in [3.05, 3.63) is 23.8 Å². The van der Waals surface area contributed by atoms with Crippen molar-refractivity contribution in [1.29, 1.82) is 0 Å². The van der Waals surface area contributed by atoms with Gasteiger partial charge in [0.15, 0.2) is 11.5 Å². The van der Waals surface area contributed by atoms with Gasteiger partial charge >= 0.3 is 0 Å². The van der Waals surface area contributed by atoms with Crippen LogP contribution in [0.4, 0.5) is 0 Å². The third-order valence-corrected chi connectivity index (χ3v) is 2.70. The van der Waals surface area contributed by atoms with E-state index in [0.29, 0.717) is 29.9 Å². The van der Waals surface area contributed by atoms with Crippen LogP contribution in [0.1, 0.15) is 12.5 Å². The van der Waals surface area contributed by atoms with E-state index in [0.717, 1.165) is 5.56 Å². The molecule has 0 saturated heterocycles. The van der Waals surface area contributed by atoms with Crippen molar-refractivity contribution in [3.63, 3.8) is 0 Å². The summed E-state index contributed by atoms with van der Waals surface area (Å²) in [6.45, 7) is 2.51. The molecule has 1 aromatic carbocycles. The van der Waals surface area contributed by atoms with Crippen molar-refractivity contribution in [1.82, 2.24) is 0 Å². The molecule has 0 aliphatic rings. The Morgan fingerprint density at radius 1 is 1.38 bits per heavy atom. The number of Topliss-reactive ketones (excluding diaryl/α,β-unsaturated/α-hetero) is 1. The molecule has 16 heavy (non-hydrogen) atoms. The number of ether oxygens (including phenoxy) is 2. The normalized spacial score (nSPS) is 9.94. The largest absolute Gasteiger partial charge is 0.493 e. The molecule has 0 fully saturated rings. The molecule has 0 heterocycles. The first-order valence-electron chi connectivity index (χ1n) is 5.08. The second-order valence-corrected chi connectivity index (χ2v) is 3.83. The van der Waals surface area contributed by atoms with Gasteiger partial charge < -0.3 is 9.47 Å². The second kappa shape index (κ2) is 6.53. The van der Waals surface area contributed by atoms with E-state index in [1.54, 1.807) is 7.11 Å². The lowest BCUT2D eigenvalue weighted by Gasteiger charge is -2.10. The molecule has 0 aliphatic heterocycles. The fraction of sp³-hybridized carbons (Fsp3) is 0.417. The van der Waals surface area contributed by atoms with Gasteiger partial charge in [0.25, 0.3) is 0 Å². The molecule has 0 N–H and O–H groups in total. The Hall–Kier alpha value is -1.03. The molecule has 0 spiro atoms. The highest BCUT2D eigenvalue weighted by molar-refractivity contribution is 9.09. The Morgan fingerprint density at radius 3 is 2.69 bits per heavy atom. The number of hydrogen-bond acceptors (Lipinski definition) is 3. The minimum absolute atomic E-state index is 0.145. The number of benzene rings is 1. The van der Waals surface area contributed by atoms with Crippen molar-refractivity contribution in [2.45, 2.75) is 13.3 Å². The van der Waals surface area contributed by atoms with E-state index in [-0.39, 0.29) is 5.78 Å². The third-order valence-electron chi connectivity index (χ3n) is 2.08. The topological polar surface area (TPSA) is 35.5 Å². The first kappa shape index (κ1) is 13.0. The predicted molar refractivity (Wildman–Crippen MR) is 66.7 cm³/mol. The zero-order valence-corrected chi connectivity index (χ0v) is 11.0. The first-order valence-corrected chi connectivity index (χ1v) is 6.20. The molecular formula is C12H15BrO3. The SMILES string of the molecule is CCOc1ccc(CC(=O)CBr)cc1OC. The summed E-state index contributed by atoms with van der Waals surface area (Å²) in [7, 11) is 1.59. The number of rotatable bonds is 6. The molecule has 1 rings (SSSR count). The Bertz CT molecular complexity index is 363. The highest BCUT2D eigenvalue weighted by Crippen LogP contribution is 2.28. The van der Waals surface area contributed by atoms with Crippen molar-refractivity contribution >= 4 is 21.7 Å². The van der Waals surface area contributed by atoms with Crippen LogP contribution in [0, 0.1) is 0 Å². The van der Waals surface area contributed by atoms with Gasteiger partial charge in [-0.3, -0.25) is 4.79 Å². The van der Waals surface area contributed by atoms with Crippen LogP contribution in [0.5, 0.6) is 11.5 Å². The Balaban J connectivity index is 2.86. The molecule has 0 atom stereocenters. The zero-order chi connectivity index (χ0) is 12.0. The molecule has 0 unspecified atom stereocenters. The van der Waals surface area contributed by atoms with E-state index in [2.05, 4.69) is 15.9 Å². The fourth-order valence-electron chi connectivity index (χ4n) is 1.37. The molecule has 0 aromatic heterocycles. The average molecular weight is 287 g/mol. The summed E-state index contributed by atoms with van der Waals surface area (Å²) in [5.41, 5.74) is 0.935. The van der Waals surface area contributed by atoms with Gasteiger partial charge in [0.2, 0.25) is 0 Å². The van der Waals surface area contributed by atoms with E-state index in [1.807, 2.05) is 25.1 Å². The van der Waals surface area contributed by atoms with E-state index in [4.69, 9.17) is 9.47 Å². The average Bonchev–Trinajstić information content (AvgIpc) is 2.31. The monoisotopic (exact) mass is 286 g/mol. The summed E-state index contributed by atoms with van der Waals surface area (Å²) in [6, 6.07) is 5.55. The molecule has 3 nitrogen and oxygen atoms in total. The lowest BCUT2D eigenvalue weighted by molar-refractivity contribution is -0.115. The smallest absolute Gasteiger partial charge is 0.161 e. The number of methoxy groups -OCH3 is 1. The van der Waals surface area contributed by atoms with Crippen LogP contribution in [0.15, 0.2) is 18.2 Å². The number of carbonyl (C=O) groups is 1. The molecule has 88 valence electrons. The predicted octanol–water partition coefficient (Wildman–Crippen LogP) is 2.60. The molecule has 1 aromatic rings. The molecule has 0 radical (unpaired) electrons. The maximum Gasteiger partial charge on any atom is 0.161 e. The second-order valence-electron chi connectivity index (χ2n) is 3.27. The van der Waals surface area contributed by atoms with Gasteiger partial charge in [-0.1, -0.05) is 22.0 Å². The van der Waals surface area contributed by atoms with Crippen LogP contribution in [0.2, 0.25) is 0 Å². The number of halogens is 1. The van der Waals surface area contributed by atoms with Gasteiger partial charge in [0, 0.05) is 6.42 Å². The van der Waals surface area contributed by atoms with E-state index < -0.39 is 0 Å². The number of alkyl halides is 1. The lowest BCUT2D eigenvalue weighted by atomic mass is 10.1. The van der Waals surface area contributed by atoms with Gasteiger partial charge in [0.05, 0.1) is 19.0 Å². The summed E-state index contributed by atoms with van der Waals surface area (Å²) in [5.74, 6) is 1.52. The van der Waals surface area contributed by atoms with Gasteiger partial charge in [-0.15, -0.1) is 0 Å². The van der Waals surface area contributed by atoms with Crippen molar-refractivity contribution in [2.24, 2.45) is 0 Å². The quantitative estimate of drug-likeness (QED) is 0.754. The molecule has 0 amide bonds. The highest BCUT2D eigenvalue weighted by Gasteiger charge is 2.07. The number of carbonyl (C=O) groups excluding carboxylic acids is 1. The Morgan fingerprint density at radius 2 is 2.12 bits per heavy atom. The highest BCUT2D eigenvalue weighted by atomic mass is 79.9. The number of ketones is 1. The van der Waals surface area contributed by atoms with Crippen LogP contribution >= 0.6 is 15.9 Å². The lowest BCUT2D eigenvalue weighted by Crippen LogP contribution is -2.04. The van der Waals surface area contributed by atoms with E-state index in [1.165, 1.54) is 0 Å². The first-order chi connectivity index (χ1) is 7.71. The van der Waals surface area contributed by atoms with Crippen molar-refractivity contribution in [2.75, 3.05) is 19.0 Å². The van der Waals surface area contributed by atoms with Crippen LogP contribution in [0.25, 0.3) is 0 Å². The van der Waals surface area contributed by atoms with Gasteiger partial charge in [0.1, 0.15) is 5.78 Å². The van der Waals surface area contributed by atoms with E-state index >= 15 is 0 Å². The molecule has 0 bridgehead atoms. The molecule has 4 heteroatoms. The summed E-state index contributed by atoms with van der Waals surface area (Å²) in [4.78, 5) is 11.3. The summed E-state index contributed by atoms with van der Waals surface area (Å²) in [5, 5.41) is 0.378. The summed E-state index contributed by atoms with van der Waals surface area (Å²) < 4.78 is 10.6. The minimum atomic E-state index is 0.145. The Kier molecular flexibility index (Phi) is 5.32. The third kappa shape index (κ3) is 3.52. The zero-order valence-electron chi connectivity index (χ0n) is 9.46. The molecular weight excluding hydrogens is 272 g/mol. The van der Waals surface area contributed by atoms with Crippen molar-refractivity contribution in [3.8, 4) is 11.5 Å². The molecule has 0 aliphatic carbocycles. The van der Waals surface area contributed by atoms with Crippen LogP contribution < -0.4 is 9.47 Å². The maximum atomic E-state index is 11.3. The standard InChI is InChI=1S/C12H15BrO3/c1-3-16-11-5-4-9(6-10(14)8-13)7-12(11)15-2/h4-5,7H,3,6,8H2,1-2H3. The minimum Gasteiger partial charge on any atom is -0.493 e. The summed E-state index contributed by atoms with van der Waals surface area (Å²) >= 11 is 3.14. The van der Waals surface area contributed by atoms with Crippen LogP contribution in [0.3, 0.4) is 0 Å².